The lowest BCUT2D eigenvalue weighted by Gasteiger charge is -2.15. The Hall–Kier alpha value is -2.33. The maximum Gasteiger partial charge on any atom is 0.339 e. The Morgan fingerprint density at radius 3 is 2.45 bits per heavy atom. The number of ether oxygens (including phenoxy) is 1. The molecule has 0 saturated heterocycles. The molecule has 0 aliphatic heterocycles. The molecule has 0 amide bonds. The van der Waals surface area contributed by atoms with Gasteiger partial charge in [-0.05, 0) is 49.8 Å². The molecule has 0 radical (unpaired) electrons. The number of aromatic carboxylic acids is 1. The molecule has 0 heterocycles. The van der Waals surface area contributed by atoms with Gasteiger partial charge in [-0.3, -0.25) is 0 Å². The van der Waals surface area contributed by atoms with Crippen LogP contribution in [0.15, 0.2) is 42.5 Å². The van der Waals surface area contributed by atoms with E-state index in [1.54, 1.807) is 12.1 Å². The molecule has 4 heteroatoms. The van der Waals surface area contributed by atoms with Crippen LogP contribution >= 0.6 is 0 Å². The van der Waals surface area contributed by atoms with Gasteiger partial charge in [0.15, 0.2) is 0 Å². The smallest absolute Gasteiger partial charge is 0.339 e. The van der Waals surface area contributed by atoms with Gasteiger partial charge in [-0.2, -0.15) is 0 Å². The molecule has 0 aliphatic rings. The lowest BCUT2D eigenvalue weighted by Crippen LogP contribution is -2.20. The van der Waals surface area contributed by atoms with Gasteiger partial charge in [0.2, 0.25) is 0 Å². The number of nitrogens with zero attached hydrogens (tertiary/aromatic N) is 1. The number of hydrogen-bond donors (Lipinski definition) is 1. The molecule has 22 heavy (non-hydrogen) atoms. The molecular weight excluding hydrogens is 278 g/mol. The second-order valence-electron chi connectivity index (χ2n) is 5.49. The summed E-state index contributed by atoms with van der Waals surface area (Å²) in [5.74, 6) is -0.552. The first-order valence-electron chi connectivity index (χ1n) is 7.20. The van der Waals surface area contributed by atoms with Crippen molar-refractivity contribution in [1.82, 2.24) is 4.90 Å². The summed E-state index contributed by atoms with van der Waals surface area (Å²) in [6.07, 6.45) is 0. The van der Waals surface area contributed by atoms with Crippen LogP contribution in [0.4, 0.5) is 0 Å². The van der Waals surface area contributed by atoms with E-state index < -0.39 is 5.97 Å². The molecule has 1 N–H and O–H groups in total. The van der Waals surface area contributed by atoms with Gasteiger partial charge in [0.25, 0.3) is 0 Å². The number of benzene rings is 2. The lowest BCUT2D eigenvalue weighted by molar-refractivity contribution is 0.0692. The summed E-state index contributed by atoms with van der Waals surface area (Å²) < 4.78 is 5.66. The molecule has 0 saturated carbocycles. The van der Waals surface area contributed by atoms with Gasteiger partial charge in [-0.25, -0.2) is 4.79 Å². The standard InChI is InChI=1S/C18H21NO3/c1-13-11-17(22-10-9-19(2)3)16(18(20)21)12-15(13)14-7-5-4-6-8-14/h4-8,11-12H,9-10H2,1-3H3,(H,20,21). The fourth-order valence-corrected chi connectivity index (χ4v) is 2.23. The molecule has 0 unspecified atom stereocenters. The number of likely N-dealkylation sites (N-methyl/N-ethyl adjacent to an activating group) is 1. The van der Waals surface area contributed by atoms with Crippen molar-refractivity contribution < 1.29 is 14.6 Å². The van der Waals surface area contributed by atoms with Crippen molar-refractivity contribution in [3.05, 3.63) is 53.6 Å². The number of hydrogen-bond acceptors (Lipinski definition) is 3. The van der Waals surface area contributed by atoms with Crippen LogP contribution in [0.5, 0.6) is 5.75 Å². The molecule has 2 rings (SSSR count). The summed E-state index contributed by atoms with van der Waals surface area (Å²) >= 11 is 0. The van der Waals surface area contributed by atoms with E-state index in [4.69, 9.17) is 4.74 Å². The first-order valence-corrected chi connectivity index (χ1v) is 7.20. The fourth-order valence-electron chi connectivity index (χ4n) is 2.23. The van der Waals surface area contributed by atoms with E-state index in [9.17, 15) is 9.90 Å². The van der Waals surface area contributed by atoms with E-state index in [0.29, 0.717) is 12.4 Å². The monoisotopic (exact) mass is 299 g/mol. The summed E-state index contributed by atoms with van der Waals surface area (Å²) in [5, 5.41) is 9.45. The van der Waals surface area contributed by atoms with E-state index in [2.05, 4.69) is 0 Å². The second kappa shape index (κ2) is 7.09. The third-order valence-corrected chi connectivity index (χ3v) is 3.44. The molecule has 0 aromatic heterocycles. The van der Waals surface area contributed by atoms with Crippen molar-refractivity contribution >= 4 is 5.97 Å². The number of carboxylic acid groups (broad SMARTS) is 1. The van der Waals surface area contributed by atoms with Crippen molar-refractivity contribution in [3.63, 3.8) is 0 Å². The minimum absolute atomic E-state index is 0.197. The third-order valence-electron chi connectivity index (χ3n) is 3.44. The van der Waals surface area contributed by atoms with E-state index in [1.165, 1.54) is 0 Å². The van der Waals surface area contributed by atoms with Crippen LogP contribution < -0.4 is 4.74 Å². The molecule has 2 aromatic rings. The van der Waals surface area contributed by atoms with Crippen molar-refractivity contribution in [2.75, 3.05) is 27.2 Å². The Bertz CT molecular complexity index is 651. The SMILES string of the molecule is Cc1cc(OCCN(C)C)c(C(=O)O)cc1-c1ccccc1. The number of rotatable bonds is 6. The minimum atomic E-state index is -0.975. The molecule has 0 fully saturated rings. The normalized spacial score (nSPS) is 10.7. The Balaban J connectivity index is 2.36. The van der Waals surface area contributed by atoms with Crippen LogP contribution in [-0.2, 0) is 0 Å². The van der Waals surface area contributed by atoms with Crippen molar-refractivity contribution in [3.8, 4) is 16.9 Å². The highest BCUT2D eigenvalue weighted by molar-refractivity contribution is 5.93. The van der Waals surface area contributed by atoms with Gasteiger partial charge in [0.05, 0.1) is 0 Å². The highest BCUT2D eigenvalue weighted by Crippen LogP contribution is 2.30. The molecule has 0 aliphatic carbocycles. The predicted octanol–water partition coefficient (Wildman–Crippen LogP) is 3.30. The van der Waals surface area contributed by atoms with Gasteiger partial charge in [0, 0.05) is 6.54 Å². The quantitative estimate of drug-likeness (QED) is 0.889. The maximum absolute atomic E-state index is 11.5. The number of aryl methyl sites for hydroxylation is 1. The molecule has 0 atom stereocenters. The van der Waals surface area contributed by atoms with E-state index >= 15 is 0 Å². The molecule has 4 nitrogen and oxygen atoms in total. The van der Waals surface area contributed by atoms with Gasteiger partial charge in [0.1, 0.15) is 17.9 Å². The van der Waals surface area contributed by atoms with Gasteiger partial charge >= 0.3 is 5.97 Å². The van der Waals surface area contributed by atoms with E-state index in [-0.39, 0.29) is 5.56 Å². The first kappa shape index (κ1) is 16.0. The molecule has 0 bridgehead atoms. The van der Waals surface area contributed by atoms with Crippen LogP contribution in [0, 0.1) is 6.92 Å². The summed E-state index contributed by atoms with van der Waals surface area (Å²) in [4.78, 5) is 13.5. The highest BCUT2D eigenvalue weighted by Gasteiger charge is 2.15. The second-order valence-corrected chi connectivity index (χ2v) is 5.49. The van der Waals surface area contributed by atoms with Crippen LogP contribution in [0.25, 0.3) is 11.1 Å². The van der Waals surface area contributed by atoms with E-state index in [1.807, 2.05) is 56.3 Å². The van der Waals surface area contributed by atoms with Crippen LogP contribution in [-0.4, -0.2) is 43.2 Å². The zero-order valence-corrected chi connectivity index (χ0v) is 13.2. The molecule has 0 spiro atoms. The average molecular weight is 299 g/mol. The lowest BCUT2D eigenvalue weighted by atomic mass is 9.97. The largest absolute Gasteiger partial charge is 0.491 e. The highest BCUT2D eigenvalue weighted by atomic mass is 16.5. The summed E-state index contributed by atoms with van der Waals surface area (Å²) in [5.41, 5.74) is 3.11. The van der Waals surface area contributed by atoms with E-state index in [0.717, 1.165) is 23.2 Å². The topological polar surface area (TPSA) is 49.8 Å². The van der Waals surface area contributed by atoms with Gasteiger partial charge in [-0.15, -0.1) is 0 Å². The van der Waals surface area contributed by atoms with Crippen LogP contribution in [0.2, 0.25) is 0 Å². The Labute approximate surface area is 131 Å². The molecule has 116 valence electrons. The molecular formula is C18H21NO3. The first-order chi connectivity index (χ1) is 10.5. The summed E-state index contributed by atoms with van der Waals surface area (Å²) in [7, 11) is 3.90. The fraction of sp³-hybridized carbons (Fsp3) is 0.278. The van der Waals surface area contributed by atoms with Gasteiger partial charge in [-0.1, -0.05) is 30.3 Å². The van der Waals surface area contributed by atoms with Crippen molar-refractivity contribution in [2.45, 2.75) is 6.92 Å². The van der Waals surface area contributed by atoms with Crippen LogP contribution in [0.3, 0.4) is 0 Å². The van der Waals surface area contributed by atoms with Crippen LogP contribution in [0.1, 0.15) is 15.9 Å². The zero-order valence-electron chi connectivity index (χ0n) is 13.2. The third kappa shape index (κ3) is 3.86. The molecule has 2 aromatic carbocycles. The van der Waals surface area contributed by atoms with Crippen molar-refractivity contribution in [1.29, 1.82) is 0 Å². The minimum Gasteiger partial charge on any atom is -0.491 e. The zero-order chi connectivity index (χ0) is 16.1. The Morgan fingerprint density at radius 2 is 1.86 bits per heavy atom. The summed E-state index contributed by atoms with van der Waals surface area (Å²) in [6.45, 7) is 3.16. The van der Waals surface area contributed by atoms with Crippen molar-refractivity contribution in [2.24, 2.45) is 0 Å². The average Bonchev–Trinajstić information content (AvgIpc) is 2.47. The predicted molar refractivity (Wildman–Crippen MR) is 87.6 cm³/mol. The maximum atomic E-state index is 11.5. The number of carboxylic acids is 1. The number of carbonyl (C=O) groups is 1. The van der Waals surface area contributed by atoms with Gasteiger partial charge < -0.3 is 14.7 Å². The Kier molecular flexibility index (Phi) is 5.17. The Morgan fingerprint density at radius 1 is 1.18 bits per heavy atom. The summed E-state index contributed by atoms with van der Waals surface area (Å²) in [6, 6.07) is 13.3.